The Bertz CT molecular complexity index is 567. The summed E-state index contributed by atoms with van der Waals surface area (Å²) in [7, 11) is 0. The normalized spacial score (nSPS) is 16.6. The van der Waals surface area contributed by atoms with Gasteiger partial charge in [-0.3, -0.25) is 5.10 Å². The Morgan fingerprint density at radius 1 is 1.35 bits per heavy atom. The summed E-state index contributed by atoms with van der Waals surface area (Å²) in [5.41, 5.74) is 11.0. The number of aromatic amines is 1. The summed E-state index contributed by atoms with van der Waals surface area (Å²) in [6.45, 7) is 4.19. The van der Waals surface area contributed by atoms with E-state index in [0.717, 1.165) is 32.4 Å². The fraction of sp³-hybridized carbons (Fsp3) is 0.438. The van der Waals surface area contributed by atoms with Crippen molar-refractivity contribution in [2.45, 2.75) is 32.2 Å². The third-order valence-corrected chi connectivity index (χ3v) is 4.04. The number of hydrogen-bond donors (Lipinski definition) is 2. The summed E-state index contributed by atoms with van der Waals surface area (Å²) >= 11 is 0. The molecule has 0 radical (unpaired) electrons. The predicted octanol–water partition coefficient (Wildman–Crippen LogP) is 2.24. The third-order valence-electron chi connectivity index (χ3n) is 4.04. The van der Waals surface area contributed by atoms with Crippen molar-refractivity contribution in [3.63, 3.8) is 0 Å². The van der Waals surface area contributed by atoms with E-state index >= 15 is 0 Å². The Morgan fingerprint density at radius 2 is 2.15 bits per heavy atom. The van der Waals surface area contributed by atoms with Crippen LogP contribution in [0.3, 0.4) is 0 Å². The van der Waals surface area contributed by atoms with Gasteiger partial charge in [0.15, 0.2) is 0 Å². The molecule has 1 aromatic carbocycles. The van der Waals surface area contributed by atoms with Gasteiger partial charge in [-0.15, -0.1) is 0 Å². The molecule has 1 aromatic heterocycles. The number of nitrogens with one attached hydrogen (secondary N) is 1. The van der Waals surface area contributed by atoms with Gasteiger partial charge in [-0.05, 0) is 25.3 Å². The molecule has 0 saturated carbocycles. The molecule has 1 fully saturated rings. The van der Waals surface area contributed by atoms with Crippen molar-refractivity contribution < 1.29 is 0 Å². The van der Waals surface area contributed by atoms with E-state index in [0.29, 0.717) is 6.04 Å². The first-order valence-electron chi connectivity index (χ1n) is 7.30. The topological polar surface area (TPSA) is 57.9 Å². The maximum Gasteiger partial charge on any atom is 0.0785 e. The third kappa shape index (κ3) is 2.85. The van der Waals surface area contributed by atoms with Crippen LogP contribution in [0, 0.1) is 6.92 Å². The van der Waals surface area contributed by atoms with Crippen LogP contribution in [0.25, 0.3) is 0 Å². The SMILES string of the molecule is Cc1cccc(Cc2[nH]ncc2N2CCC(N)CC2)c1. The lowest BCUT2D eigenvalue weighted by atomic mass is 10.0. The largest absolute Gasteiger partial charge is 0.369 e. The van der Waals surface area contributed by atoms with Crippen LogP contribution in [0.4, 0.5) is 5.69 Å². The highest BCUT2D eigenvalue weighted by molar-refractivity contribution is 5.51. The lowest BCUT2D eigenvalue weighted by molar-refractivity contribution is 0.500. The number of hydrogen-bond acceptors (Lipinski definition) is 3. The summed E-state index contributed by atoms with van der Waals surface area (Å²) in [6.07, 6.45) is 4.98. The number of benzene rings is 1. The molecule has 0 atom stereocenters. The van der Waals surface area contributed by atoms with Crippen molar-refractivity contribution in [1.82, 2.24) is 10.2 Å². The van der Waals surface area contributed by atoms with E-state index in [1.165, 1.54) is 22.5 Å². The molecule has 1 saturated heterocycles. The van der Waals surface area contributed by atoms with E-state index in [4.69, 9.17) is 5.73 Å². The van der Waals surface area contributed by atoms with Gasteiger partial charge >= 0.3 is 0 Å². The second-order valence-corrected chi connectivity index (χ2v) is 5.72. The zero-order chi connectivity index (χ0) is 13.9. The fourth-order valence-corrected chi connectivity index (χ4v) is 2.88. The first-order chi connectivity index (χ1) is 9.72. The van der Waals surface area contributed by atoms with Gasteiger partial charge in [0, 0.05) is 25.6 Å². The van der Waals surface area contributed by atoms with E-state index in [1.807, 2.05) is 6.20 Å². The van der Waals surface area contributed by atoms with Crippen LogP contribution >= 0.6 is 0 Å². The molecule has 106 valence electrons. The Labute approximate surface area is 120 Å². The maximum absolute atomic E-state index is 5.98. The summed E-state index contributed by atoms with van der Waals surface area (Å²) < 4.78 is 0. The van der Waals surface area contributed by atoms with Crippen molar-refractivity contribution in [2.75, 3.05) is 18.0 Å². The van der Waals surface area contributed by atoms with Gasteiger partial charge < -0.3 is 10.6 Å². The van der Waals surface area contributed by atoms with E-state index < -0.39 is 0 Å². The number of aromatic nitrogens is 2. The van der Waals surface area contributed by atoms with E-state index in [9.17, 15) is 0 Å². The molecule has 2 heterocycles. The first kappa shape index (κ1) is 13.2. The van der Waals surface area contributed by atoms with Crippen LogP contribution in [0.5, 0.6) is 0 Å². The lowest BCUT2D eigenvalue weighted by Crippen LogP contribution is -2.39. The minimum Gasteiger partial charge on any atom is -0.369 e. The number of rotatable bonds is 3. The van der Waals surface area contributed by atoms with Crippen LogP contribution < -0.4 is 10.6 Å². The van der Waals surface area contributed by atoms with Crippen molar-refractivity contribution in [2.24, 2.45) is 5.73 Å². The smallest absolute Gasteiger partial charge is 0.0785 e. The molecule has 20 heavy (non-hydrogen) atoms. The maximum atomic E-state index is 5.98. The molecule has 3 rings (SSSR count). The molecular weight excluding hydrogens is 248 g/mol. The van der Waals surface area contributed by atoms with Gasteiger partial charge in [0.25, 0.3) is 0 Å². The van der Waals surface area contributed by atoms with Crippen molar-refractivity contribution in [1.29, 1.82) is 0 Å². The fourth-order valence-electron chi connectivity index (χ4n) is 2.88. The number of piperidine rings is 1. The molecule has 0 bridgehead atoms. The van der Waals surface area contributed by atoms with Gasteiger partial charge in [-0.25, -0.2) is 0 Å². The average molecular weight is 270 g/mol. The van der Waals surface area contributed by atoms with Gasteiger partial charge in [-0.2, -0.15) is 5.10 Å². The zero-order valence-electron chi connectivity index (χ0n) is 12.0. The molecule has 1 aliphatic heterocycles. The van der Waals surface area contributed by atoms with Crippen LogP contribution in [0.2, 0.25) is 0 Å². The van der Waals surface area contributed by atoms with Crippen LogP contribution in [0.15, 0.2) is 30.5 Å². The van der Waals surface area contributed by atoms with Gasteiger partial charge in [0.05, 0.1) is 17.6 Å². The molecule has 0 spiro atoms. The number of aryl methyl sites for hydroxylation is 1. The van der Waals surface area contributed by atoms with E-state index in [-0.39, 0.29) is 0 Å². The molecule has 4 nitrogen and oxygen atoms in total. The summed E-state index contributed by atoms with van der Waals surface area (Å²) in [4.78, 5) is 2.40. The highest BCUT2D eigenvalue weighted by Gasteiger charge is 2.19. The summed E-state index contributed by atoms with van der Waals surface area (Å²) in [6, 6.07) is 9.00. The van der Waals surface area contributed by atoms with Crippen LogP contribution in [0.1, 0.15) is 29.7 Å². The predicted molar refractivity (Wildman–Crippen MR) is 82.0 cm³/mol. The quantitative estimate of drug-likeness (QED) is 0.899. The van der Waals surface area contributed by atoms with Crippen molar-refractivity contribution in [3.05, 3.63) is 47.3 Å². The molecule has 1 aliphatic rings. The average Bonchev–Trinajstić information content (AvgIpc) is 2.88. The second kappa shape index (κ2) is 5.67. The molecule has 0 unspecified atom stereocenters. The van der Waals surface area contributed by atoms with Gasteiger partial charge in [0.1, 0.15) is 0 Å². The highest BCUT2D eigenvalue weighted by atomic mass is 15.2. The molecule has 4 heteroatoms. The Hall–Kier alpha value is -1.81. The van der Waals surface area contributed by atoms with Crippen molar-refractivity contribution in [3.8, 4) is 0 Å². The zero-order valence-corrected chi connectivity index (χ0v) is 12.0. The van der Waals surface area contributed by atoms with Crippen LogP contribution in [-0.4, -0.2) is 29.3 Å². The second-order valence-electron chi connectivity index (χ2n) is 5.72. The lowest BCUT2D eigenvalue weighted by Gasteiger charge is -2.31. The number of H-pyrrole nitrogens is 1. The van der Waals surface area contributed by atoms with Gasteiger partial charge in [0.2, 0.25) is 0 Å². The number of nitrogens with zero attached hydrogens (tertiary/aromatic N) is 2. The first-order valence-corrected chi connectivity index (χ1v) is 7.30. The molecule has 3 N–H and O–H groups in total. The number of anilines is 1. The molecule has 0 aliphatic carbocycles. The molecule has 0 amide bonds. The highest BCUT2D eigenvalue weighted by Crippen LogP contribution is 2.24. The molecule has 2 aromatic rings. The minimum atomic E-state index is 0.360. The summed E-state index contributed by atoms with van der Waals surface area (Å²) in [5, 5.41) is 7.40. The Morgan fingerprint density at radius 3 is 2.90 bits per heavy atom. The van der Waals surface area contributed by atoms with E-state index in [2.05, 4.69) is 46.3 Å². The Kier molecular flexibility index (Phi) is 3.74. The van der Waals surface area contributed by atoms with Crippen LogP contribution in [-0.2, 0) is 6.42 Å². The minimum absolute atomic E-state index is 0.360. The number of nitrogens with two attached hydrogens (primary N) is 1. The monoisotopic (exact) mass is 270 g/mol. The van der Waals surface area contributed by atoms with Crippen molar-refractivity contribution >= 4 is 5.69 Å². The summed E-state index contributed by atoms with van der Waals surface area (Å²) in [5.74, 6) is 0. The van der Waals surface area contributed by atoms with E-state index in [1.54, 1.807) is 0 Å². The van der Waals surface area contributed by atoms with Gasteiger partial charge in [-0.1, -0.05) is 29.8 Å². The Balaban J connectivity index is 1.76. The standard InChI is InChI=1S/C16H22N4/c1-12-3-2-4-13(9-12)10-15-16(11-18-19-15)20-7-5-14(17)6-8-20/h2-4,9,11,14H,5-8,10,17H2,1H3,(H,18,19). The molecular formula is C16H22N4.